The summed E-state index contributed by atoms with van der Waals surface area (Å²) in [6.07, 6.45) is 4.46. The molecule has 3 atom stereocenters. The average molecular weight is 457 g/mol. The van der Waals surface area contributed by atoms with E-state index in [-0.39, 0.29) is 30.2 Å². The molecule has 0 radical (unpaired) electrons. The first-order valence-corrected chi connectivity index (χ1v) is 9.96. The number of piperidine rings is 1. The summed E-state index contributed by atoms with van der Waals surface area (Å²) in [5.41, 5.74) is 6.77. The highest BCUT2D eigenvalue weighted by atomic mass is 79.9. The van der Waals surface area contributed by atoms with Crippen LogP contribution in [0, 0.1) is 5.92 Å². The molecule has 2 fully saturated rings. The van der Waals surface area contributed by atoms with Crippen LogP contribution in [0.1, 0.15) is 12.8 Å². The SMILES string of the molecule is Nc1ncnc2c1ncn2CC(=O)N1C2C[C@@H]2C[C@H]1C(=O)Nc1cccc(Br)n1. The minimum atomic E-state index is -0.512. The predicted octanol–water partition coefficient (Wildman–Crippen LogP) is 1.19. The van der Waals surface area contributed by atoms with Crippen molar-refractivity contribution >= 4 is 50.5 Å². The molecule has 2 aliphatic rings. The number of anilines is 2. The molecule has 1 saturated heterocycles. The van der Waals surface area contributed by atoms with E-state index in [2.05, 4.69) is 41.2 Å². The summed E-state index contributed by atoms with van der Waals surface area (Å²) >= 11 is 3.29. The Morgan fingerprint density at radius 3 is 2.93 bits per heavy atom. The zero-order valence-corrected chi connectivity index (χ0v) is 16.8. The fourth-order valence-electron chi connectivity index (χ4n) is 3.98. The maximum Gasteiger partial charge on any atom is 0.248 e. The van der Waals surface area contributed by atoms with Crippen molar-refractivity contribution < 1.29 is 9.59 Å². The number of nitrogens with two attached hydrogens (primary N) is 1. The van der Waals surface area contributed by atoms with E-state index in [1.54, 1.807) is 27.7 Å². The van der Waals surface area contributed by atoms with Gasteiger partial charge in [-0.3, -0.25) is 9.59 Å². The first-order chi connectivity index (χ1) is 14.0. The summed E-state index contributed by atoms with van der Waals surface area (Å²) in [7, 11) is 0. The molecular formula is C18H17BrN8O2. The largest absolute Gasteiger partial charge is 0.382 e. The van der Waals surface area contributed by atoms with Crippen LogP contribution < -0.4 is 11.1 Å². The number of likely N-dealkylation sites (tertiary alicyclic amines) is 1. The Hall–Kier alpha value is -3.08. The van der Waals surface area contributed by atoms with Gasteiger partial charge in [-0.1, -0.05) is 6.07 Å². The van der Waals surface area contributed by atoms with E-state index in [1.807, 2.05) is 0 Å². The molecule has 3 aromatic heterocycles. The van der Waals surface area contributed by atoms with Gasteiger partial charge in [0, 0.05) is 6.04 Å². The van der Waals surface area contributed by atoms with Crippen LogP contribution in [0.5, 0.6) is 0 Å². The minimum absolute atomic E-state index is 0.0368. The lowest BCUT2D eigenvalue weighted by Crippen LogP contribution is -2.46. The second kappa shape index (κ2) is 6.76. The van der Waals surface area contributed by atoms with Crippen molar-refractivity contribution in [2.24, 2.45) is 5.92 Å². The zero-order valence-electron chi connectivity index (χ0n) is 15.2. The van der Waals surface area contributed by atoms with Gasteiger partial charge >= 0.3 is 0 Å². The number of nitrogens with zero attached hydrogens (tertiary/aromatic N) is 6. The highest BCUT2D eigenvalue weighted by molar-refractivity contribution is 9.10. The van der Waals surface area contributed by atoms with E-state index < -0.39 is 6.04 Å². The van der Waals surface area contributed by atoms with Gasteiger partial charge in [0.25, 0.3) is 0 Å². The van der Waals surface area contributed by atoms with Crippen molar-refractivity contribution in [1.82, 2.24) is 29.4 Å². The molecule has 1 aliphatic heterocycles. The summed E-state index contributed by atoms with van der Waals surface area (Å²) in [6, 6.07) is 4.89. The molecule has 3 aromatic rings. The van der Waals surface area contributed by atoms with Crippen molar-refractivity contribution in [3.8, 4) is 0 Å². The van der Waals surface area contributed by atoms with Gasteiger partial charge in [-0.25, -0.2) is 19.9 Å². The smallest absolute Gasteiger partial charge is 0.248 e. The monoisotopic (exact) mass is 456 g/mol. The number of hydrogen-bond acceptors (Lipinski definition) is 7. The molecule has 5 rings (SSSR count). The fraction of sp³-hybridized carbons (Fsp3) is 0.333. The topological polar surface area (TPSA) is 132 Å². The number of pyridine rings is 1. The minimum Gasteiger partial charge on any atom is -0.382 e. The van der Waals surface area contributed by atoms with E-state index in [9.17, 15) is 9.59 Å². The van der Waals surface area contributed by atoms with Crippen LogP contribution in [-0.2, 0) is 16.1 Å². The van der Waals surface area contributed by atoms with E-state index in [1.165, 1.54) is 12.7 Å². The Kier molecular flexibility index (Phi) is 4.19. The number of carbonyl (C=O) groups is 2. The second-order valence-corrected chi connectivity index (χ2v) is 8.07. The number of nitrogen functional groups attached to an aromatic ring is 1. The Balaban J connectivity index is 1.35. The predicted molar refractivity (Wildman–Crippen MR) is 107 cm³/mol. The highest BCUT2D eigenvalue weighted by Gasteiger charge is 2.56. The third-order valence-corrected chi connectivity index (χ3v) is 5.84. The van der Waals surface area contributed by atoms with Crippen LogP contribution in [0.3, 0.4) is 0 Å². The maximum absolute atomic E-state index is 13.1. The molecular weight excluding hydrogens is 440 g/mol. The van der Waals surface area contributed by atoms with Crippen LogP contribution in [0.2, 0.25) is 0 Å². The summed E-state index contributed by atoms with van der Waals surface area (Å²) < 4.78 is 2.27. The van der Waals surface area contributed by atoms with E-state index in [0.29, 0.717) is 33.9 Å². The molecule has 1 saturated carbocycles. The number of fused-ring (bicyclic) bond motifs is 2. The number of aromatic nitrogens is 5. The number of imidazole rings is 1. The van der Waals surface area contributed by atoms with Crippen molar-refractivity contribution in [2.45, 2.75) is 31.5 Å². The summed E-state index contributed by atoms with van der Waals surface area (Å²) in [5, 5.41) is 2.82. The van der Waals surface area contributed by atoms with Gasteiger partial charge in [0.2, 0.25) is 11.8 Å². The van der Waals surface area contributed by atoms with Gasteiger partial charge < -0.3 is 20.5 Å². The van der Waals surface area contributed by atoms with Gasteiger partial charge in [0.1, 0.15) is 34.9 Å². The summed E-state index contributed by atoms with van der Waals surface area (Å²) in [5.74, 6) is 0.725. The lowest BCUT2D eigenvalue weighted by atomic mass is 10.1. The molecule has 1 unspecified atom stereocenters. The Morgan fingerprint density at radius 1 is 1.24 bits per heavy atom. The van der Waals surface area contributed by atoms with Gasteiger partial charge in [0.05, 0.1) is 6.33 Å². The van der Waals surface area contributed by atoms with Crippen LogP contribution >= 0.6 is 15.9 Å². The molecule has 29 heavy (non-hydrogen) atoms. The lowest BCUT2D eigenvalue weighted by Gasteiger charge is -2.27. The zero-order chi connectivity index (χ0) is 20.1. The second-order valence-electron chi connectivity index (χ2n) is 7.25. The van der Waals surface area contributed by atoms with Crippen LogP contribution in [0.4, 0.5) is 11.6 Å². The average Bonchev–Trinajstić information content (AvgIpc) is 3.15. The van der Waals surface area contributed by atoms with Crippen LogP contribution in [0.25, 0.3) is 11.2 Å². The van der Waals surface area contributed by atoms with Crippen molar-refractivity contribution in [3.63, 3.8) is 0 Å². The Bertz CT molecular complexity index is 1130. The molecule has 3 N–H and O–H groups in total. The van der Waals surface area contributed by atoms with Crippen molar-refractivity contribution in [2.75, 3.05) is 11.1 Å². The molecule has 2 amide bonds. The van der Waals surface area contributed by atoms with E-state index in [0.717, 1.165) is 6.42 Å². The third-order valence-electron chi connectivity index (χ3n) is 5.40. The Morgan fingerprint density at radius 2 is 2.10 bits per heavy atom. The highest BCUT2D eigenvalue weighted by Crippen LogP contribution is 2.48. The third kappa shape index (κ3) is 3.20. The summed E-state index contributed by atoms with van der Waals surface area (Å²) in [6.45, 7) is 0.0368. The van der Waals surface area contributed by atoms with Gasteiger partial charge in [-0.15, -0.1) is 0 Å². The van der Waals surface area contributed by atoms with Crippen molar-refractivity contribution in [1.29, 1.82) is 0 Å². The quantitative estimate of drug-likeness (QED) is 0.563. The van der Waals surface area contributed by atoms with Crippen LogP contribution in [0.15, 0.2) is 35.5 Å². The molecule has 148 valence electrons. The molecule has 10 nitrogen and oxygen atoms in total. The fourth-order valence-corrected chi connectivity index (χ4v) is 4.32. The first kappa shape index (κ1) is 18.0. The number of rotatable bonds is 4. The lowest BCUT2D eigenvalue weighted by molar-refractivity contribution is -0.138. The molecule has 1 aliphatic carbocycles. The number of carbonyl (C=O) groups excluding carboxylic acids is 2. The normalized spacial score (nSPS) is 22.5. The van der Waals surface area contributed by atoms with E-state index >= 15 is 0 Å². The van der Waals surface area contributed by atoms with Crippen LogP contribution in [-0.4, -0.2) is 53.3 Å². The molecule has 11 heteroatoms. The van der Waals surface area contributed by atoms with Gasteiger partial charge in [-0.05, 0) is 46.8 Å². The first-order valence-electron chi connectivity index (χ1n) is 9.17. The number of amides is 2. The maximum atomic E-state index is 13.1. The molecule has 0 spiro atoms. The van der Waals surface area contributed by atoms with E-state index in [4.69, 9.17) is 5.73 Å². The summed E-state index contributed by atoms with van der Waals surface area (Å²) in [4.78, 5) is 44.2. The number of nitrogens with one attached hydrogen (secondary N) is 1. The standard InChI is InChI=1S/C18H17BrN8O2/c19-12-2-1-3-13(24-12)25-18(29)11-5-9-4-10(9)27(11)14(28)6-26-8-23-15-16(20)21-7-22-17(15)26/h1-3,7-11H,4-6H2,(H2,20,21,22)(H,24,25,29)/t9-,10?,11+/m1/s1. The number of hydrogen-bond donors (Lipinski definition) is 2. The van der Waals surface area contributed by atoms with Gasteiger partial charge in [0.15, 0.2) is 11.5 Å². The Labute approximate surface area is 173 Å². The molecule has 0 bridgehead atoms. The van der Waals surface area contributed by atoms with Gasteiger partial charge in [-0.2, -0.15) is 0 Å². The molecule has 4 heterocycles. The number of halogens is 1. The molecule has 0 aromatic carbocycles. The van der Waals surface area contributed by atoms with Crippen molar-refractivity contribution in [3.05, 3.63) is 35.5 Å².